The van der Waals surface area contributed by atoms with Crippen LogP contribution in [0.4, 0.5) is 0 Å². The third-order valence-corrected chi connectivity index (χ3v) is 3.65. The summed E-state index contributed by atoms with van der Waals surface area (Å²) < 4.78 is 5.02. The molecule has 1 aliphatic carbocycles. The normalized spacial score (nSPS) is 14.6. The van der Waals surface area contributed by atoms with Gasteiger partial charge in [0.2, 0.25) is 11.7 Å². The third-order valence-electron chi connectivity index (χ3n) is 3.31. The largest absolute Gasteiger partial charge is 0.338 e. The van der Waals surface area contributed by atoms with E-state index in [-0.39, 0.29) is 6.54 Å². The molecular formula is C13H14ClN3O. The highest BCUT2D eigenvalue weighted by Gasteiger charge is 2.16. The maximum Gasteiger partial charge on any atom is 0.240 e. The fourth-order valence-corrected chi connectivity index (χ4v) is 2.73. The number of fused-ring (bicyclic) bond motifs is 1. The quantitative estimate of drug-likeness (QED) is 0.905. The molecule has 0 spiro atoms. The van der Waals surface area contributed by atoms with E-state index >= 15 is 0 Å². The summed E-state index contributed by atoms with van der Waals surface area (Å²) in [6.07, 6.45) is 4.57. The van der Waals surface area contributed by atoms with E-state index in [4.69, 9.17) is 21.9 Å². The monoisotopic (exact) mass is 263 g/mol. The van der Waals surface area contributed by atoms with Gasteiger partial charge in [-0.05, 0) is 48.9 Å². The Morgan fingerprint density at radius 2 is 2.11 bits per heavy atom. The van der Waals surface area contributed by atoms with Crippen LogP contribution in [0.3, 0.4) is 0 Å². The molecule has 0 amide bonds. The van der Waals surface area contributed by atoms with E-state index in [2.05, 4.69) is 16.2 Å². The summed E-state index contributed by atoms with van der Waals surface area (Å²) in [6, 6.07) is 4.03. The molecule has 0 unspecified atom stereocenters. The van der Waals surface area contributed by atoms with Crippen LogP contribution in [0.15, 0.2) is 16.7 Å². The first-order valence-electron chi connectivity index (χ1n) is 6.12. The number of aromatic nitrogens is 2. The Hall–Kier alpha value is -1.39. The number of nitrogens with zero attached hydrogens (tertiary/aromatic N) is 2. The lowest BCUT2D eigenvalue weighted by atomic mass is 9.90. The van der Waals surface area contributed by atoms with Crippen molar-refractivity contribution in [1.29, 1.82) is 0 Å². The summed E-state index contributed by atoms with van der Waals surface area (Å²) in [5.74, 6) is 1.00. The van der Waals surface area contributed by atoms with Crippen molar-refractivity contribution in [2.45, 2.75) is 32.2 Å². The molecule has 1 heterocycles. The molecule has 0 radical (unpaired) electrons. The highest BCUT2D eigenvalue weighted by molar-refractivity contribution is 6.31. The number of hydrogen-bond donors (Lipinski definition) is 1. The first kappa shape index (κ1) is 11.7. The molecule has 5 heteroatoms. The van der Waals surface area contributed by atoms with Gasteiger partial charge in [-0.2, -0.15) is 4.98 Å². The Kier molecular flexibility index (Phi) is 3.06. The summed E-state index contributed by atoms with van der Waals surface area (Å²) in [7, 11) is 0. The molecule has 1 aromatic carbocycles. The first-order chi connectivity index (χ1) is 8.78. The zero-order valence-electron chi connectivity index (χ0n) is 9.95. The molecule has 94 valence electrons. The minimum absolute atomic E-state index is 0.256. The highest BCUT2D eigenvalue weighted by Crippen LogP contribution is 2.32. The van der Waals surface area contributed by atoms with Crippen molar-refractivity contribution < 1.29 is 4.52 Å². The number of hydrogen-bond acceptors (Lipinski definition) is 4. The molecule has 2 N–H and O–H groups in total. The van der Waals surface area contributed by atoms with Crippen LogP contribution >= 0.6 is 11.6 Å². The summed E-state index contributed by atoms with van der Waals surface area (Å²) in [5, 5.41) is 4.73. The molecule has 0 bridgehead atoms. The molecule has 1 aromatic heterocycles. The van der Waals surface area contributed by atoms with Gasteiger partial charge in [0.05, 0.1) is 6.54 Å². The highest BCUT2D eigenvalue weighted by atomic mass is 35.5. The van der Waals surface area contributed by atoms with Gasteiger partial charge in [-0.25, -0.2) is 0 Å². The first-order valence-corrected chi connectivity index (χ1v) is 6.50. The van der Waals surface area contributed by atoms with Gasteiger partial charge < -0.3 is 10.3 Å². The number of benzene rings is 1. The maximum absolute atomic E-state index is 6.33. The van der Waals surface area contributed by atoms with E-state index in [0.717, 1.165) is 23.4 Å². The van der Waals surface area contributed by atoms with Crippen LogP contribution in [0.2, 0.25) is 5.02 Å². The van der Waals surface area contributed by atoms with Crippen LogP contribution in [0, 0.1) is 0 Å². The van der Waals surface area contributed by atoms with Crippen LogP contribution in [0.5, 0.6) is 0 Å². The zero-order chi connectivity index (χ0) is 12.5. The van der Waals surface area contributed by atoms with E-state index in [9.17, 15) is 0 Å². The third kappa shape index (κ3) is 2.02. The summed E-state index contributed by atoms with van der Waals surface area (Å²) in [5.41, 5.74) is 8.95. The standard InChI is InChI=1S/C13H14ClN3O/c14-11-6-9(13-16-12(7-15)18-17-13)5-8-3-1-2-4-10(8)11/h5-6H,1-4,7,15H2. The van der Waals surface area contributed by atoms with Gasteiger partial charge in [0.1, 0.15) is 0 Å². The average Bonchev–Trinajstić information content (AvgIpc) is 2.87. The van der Waals surface area contributed by atoms with Gasteiger partial charge >= 0.3 is 0 Å². The van der Waals surface area contributed by atoms with Crippen molar-refractivity contribution in [2.75, 3.05) is 0 Å². The Balaban J connectivity index is 2.04. The van der Waals surface area contributed by atoms with Gasteiger partial charge in [0, 0.05) is 10.6 Å². The molecule has 0 fully saturated rings. The Morgan fingerprint density at radius 3 is 2.89 bits per heavy atom. The van der Waals surface area contributed by atoms with Crippen LogP contribution in [0.1, 0.15) is 29.9 Å². The van der Waals surface area contributed by atoms with Crippen molar-refractivity contribution >= 4 is 11.6 Å². The predicted molar refractivity (Wildman–Crippen MR) is 69.3 cm³/mol. The molecule has 0 saturated carbocycles. The fourth-order valence-electron chi connectivity index (χ4n) is 2.40. The number of nitrogens with two attached hydrogens (primary N) is 1. The molecule has 2 aromatic rings. The number of aryl methyl sites for hydroxylation is 1. The molecule has 0 atom stereocenters. The van der Waals surface area contributed by atoms with Gasteiger partial charge in [0.15, 0.2) is 0 Å². The van der Waals surface area contributed by atoms with Crippen molar-refractivity contribution in [2.24, 2.45) is 5.73 Å². The number of halogens is 1. The van der Waals surface area contributed by atoms with Gasteiger partial charge in [-0.3, -0.25) is 0 Å². The minimum Gasteiger partial charge on any atom is -0.338 e. The van der Waals surface area contributed by atoms with Crippen LogP contribution in [-0.4, -0.2) is 10.1 Å². The average molecular weight is 264 g/mol. The van der Waals surface area contributed by atoms with Crippen LogP contribution in [0.25, 0.3) is 11.4 Å². The summed E-state index contributed by atoms with van der Waals surface area (Å²) in [6.45, 7) is 0.256. The van der Waals surface area contributed by atoms with Gasteiger partial charge in [-0.1, -0.05) is 16.8 Å². The zero-order valence-corrected chi connectivity index (χ0v) is 10.7. The van der Waals surface area contributed by atoms with Crippen LogP contribution in [-0.2, 0) is 19.4 Å². The topological polar surface area (TPSA) is 64.9 Å². The van der Waals surface area contributed by atoms with Gasteiger partial charge in [0.25, 0.3) is 0 Å². The van der Waals surface area contributed by atoms with E-state index < -0.39 is 0 Å². The summed E-state index contributed by atoms with van der Waals surface area (Å²) in [4.78, 5) is 4.23. The summed E-state index contributed by atoms with van der Waals surface area (Å²) >= 11 is 6.33. The van der Waals surface area contributed by atoms with E-state index in [1.54, 1.807) is 0 Å². The van der Waals surface area contributed by atoms with Crippen molar-refractivity contribution in [1.82, 2.24) is 10.1 Å². The Labute approximate surface area is 110 Å². The lowest BCUT2D eigenvalue weighted by Gasteiger charge is -2.17. The second kappa shape index (κ2) is 4.71. The molecule has 0 aliphatic heterocycles. The number of rotatable bonds is 2. The van der Waals surface area contributed by atoms with Crippen LogP contribution < -0.4 is 5.73 Å². The fraction of sp³-hybridized carbons (Fsp3) is 0.385. The van der Waals surface area contributed by atoms with Crippen molar-refractivity contribution in [3.05, 3.63) is 34.2 Å². The van der Waals surface area contributed by atoms with E-state index in [1.165, 1.54) is 24.0 Å². The molecule has 1 aliphatic rings. The van der Waals surface area contributed by atoms with E-state index in [1.807, 2.05) is 6.07 Å². The van der Waals surface area contributed by atoms with Gasteiger partial charge in [-0.15, -0.1) is 0 Å². The van der Waals surface area contributed by atoms with Crippen molar-refractivity contribution in [3.63, 3.8) is 0 Å². The lowest BCUT2D eigenvalue weighted by Crippen LogP contribution is -2.03. The second-order valence-corrected chi connectivity index (χ2v) is 4.93. The Morgan fingerprint density at radius 1 is 1.28 bits per heavy atom. The molecule has 18 heavy (non-hydrogen) atoms. The maximum atomic E-state index is 6.33. The smallest absolute Gasteiger partial charge is 0.240 e. The van der Waals surface area contributed by atoms with Crippen molar-refractivity contribution in [3.8, 4) is 11.4 Å². The lowest BCUT2D eigenvalue weighted by molar-refractivity contribution is 0.380. The second-order valence-electron chi connectivity index (χ2n) is 4.52. The minimum atomic E-state index is 0.256. The van der Waals surface area contributed by atoms with E-state index in [0.29, 0.717) is 11.7 Å². The molecule has 4 nitrogen and oxygen atoms in total. The molecule has 3 rings (SSSR count). The molecular weight excluding hydrogens is 250 g/mol. The SMILES string of the molecule is NCc1nc(-c2cc(Cl)c3c(c2)CCCC3)no1. The Bertz CT molecular complexity index is 580. The molecule has 0 saturated heterocycles. The predicted octanol–water partition coefficient (Wildman–Crippen LogP) is 2.73.